The van der Waals surface area contributed by atoms with Crippen molar-refractivity contribution in [3.63, 3.8) is 0 Å². The topological polar surface area (TPSA) is 83.4 Å². The van der Waals surface area contributed by atoms with E-state index in [1.807, 2.05) is 31.2 Å². The molecular formula is C27H27N3O3. The molecule has 1 amide bonds. The number of amides is 1. The predicted octanol–water partition coefficient (Wildman–Crippen LogP) is 4.70. The van der Waals surface area contributed by atoms with Gasteiger partial charge in [0.15, 0.2) is 0 Å². The Hall–Kier alpha value is -3.80. The van der Waals surface area contributed by atoms with E-state index in [-0.39, 0.29) is 23.3 Å². The first-order valence-electron chi connectivity index (χ1n) is 10.9. The second-order valence-electron chi connectivity index (χ2n) is 9.31. The molecule has 3 heterocycles. The van der Waals surface area contributed by atoms with Crippen LogP contribution < -0.4 is 0 Å². The first-order valence-corrected chi connectivity index (χ1v) is 10.9. The van der Waals surface area contributed by atoms with Crippen LogP contribution in [0.15, 0.2) is 72.7 Å². The van der Waals surface area contributed by atoms with E-state index in [1.54, 1.807) is 42.9 Å². The van der Waals surface area contributed by atoms with E-state index in [0.29, 0.717) is 16.8 Å². The Kier molecular flexibility index (Phi) is 5.85. The van der Waals surface area contributed by atoms with Crippen molar-refractivity contribution in [1.82, 2.24) is 14.9 Å². The third-order valence-corrected chi connectivity index (χ3v) is 5.96. The lowest BCUT2D eigenvalue weighted by Crippen LogP contribution is -2.29. The van der Waals surface area contributed by atoms with E-state index in [4.69, 9.17) is 0 Å². The normalized spacial score (nSPS) is 18.1. The van der Waals surface area contributed by atoms with Gasteiger partial charge in [0.2, 0.25) is 0 Å². The minimum absolute atomic E-state index is 0.0677. The number of hydrogen-bond donors (Lipinski definition) is 1. The number of carbonyl (C=O) groups is 2. The minimum atomic E-state index is -0.765. The summed E-state index contributed by atoms with van der Waals surface area (Å²) < 4.78 is 0. The van der Waals surface area contributed by atoms with Crippen LogP contribution in [0.2, 0.25) is 0 Å². The molecule has 0 spiro atoms. The first-order chi connectivity index (χ1) is 15.7. The molecule has 1 saturated heterocycles. The van der Waals surface area contributed by atoms with E-state index >= 15 is 0 Å². The van der Waals surface area contributed by atoms with Crippen molar-refractivity contribution < 1.29 is 14.7 Å². The van der Waals surface area contributed by atoms with Crippen molar-refractivity contribution in [1.29, 1.82) is 0 Å². The second-order valence-corrected chi connectivity index (χ2v) is 9.31. The number of hydrogen-bond acceptors (Lipinski definition) is 5. The first kappa shape index (κ1) is 22.4. The fourth-order valence-corrected chi connectivity index (χ4v) is 4.08. The highest BCUT2D eigenvalue weighted by Gasteiger charge is 2.46. The number of likely N-dealkylation sites (tertiary alicyclic amines) is 1. The predicted molar refractivity (Wildman–Crippen MR) is 126 cm³/mol. The molecule has 1 aliphatic rings. The zero-order valence-corrected chi connectivity index (χ0v) is 19.2. The van der Waals surface area contributed by atoms with Crippen LogP contribution in [0, 0.1) is 6.92 Å². The SMILES string of the molecule is Cc1ccc(C(C)(C)C)cc1/C(O)=C1\C(=O)C(=O)N(Cc2ccccn2)C1c1cccnc1. The van der Waals surface area contributed by atoms with Gasteiger partial charge in [0.25, 0.3) is 11.7 Å². The lowest BCUT2D eigenvalue weighted by molar-refractivity contribution is -0.140. The lowest BCUT2D eigenvalue weighted by Gasteiger charge is -2.25. The third-order valence-electron chi connectivity index (χ3n) is 5.96. The van der Waals surface area contributed by atoms with Gasteiger partial charge in [-0.3, -0.25) is 19.6 Å². The molecule has 6 heteroatoms. The van der Waals surface area contributed by atoms with Crippen molar-refractivity contribution in [3.8, 4) is 0 Å². The maximum Gasteiger partial charge on any atom is 0.296 e. The Labute approximate surface area is 193 Å². The Morgan fingerprint density at radius 3 is 2.48 bits per heavy atom. The summed E-state index contributed by atoms with van der Waals surface area (Å²) in [7, 11) is 0. The van der Waals surface area contributed by atoms with Gasteiger partial charge in [0.1, 0.15) is 5.76 Å². The molecule has 1 N–H and O–H groups in total. The molecule has 3 aromatic rings. The number of aryl methyl sites for hydroxylation is 1. The number of aliphatic hydroxyl groups excluding tert-OH is 1. The summed E-state index contributed by atoms with van der Waals surface area (Å²) in [5.74, 6) is -1.55. The van der Waals surface area contributed by atoms with Crippen molar-refractivity contribution in [2.75, 3.05) is 0 Å². The highest BCUT2D eigenvalue weighted by atomic mass is 16.3. The Bertz CT molecular complexity index is 1230. The molecule has 0 saturated carbocycles. The molecule has 1 aromatic carbocycles. The largest absolute Gasteiger partial charge is 0.507 e. The minimum Gasteiger partial charge on any atom is -0.507 e. The third kappa shape index (κ3) is 4.29. The number of rotatable bonds is 4. The summed E-state index contributed by atoms with van der Waals surface area (Å²) in [6.45, 7) is 8.28. The average Bonchev–Trinajstić information content (AvgIpc) is 3.04. The van der Waals surface area contributed by atoms with Crippen LogP contribution in [0.4, 0.5) is 0 Å². The summed E-state index contributed by atoms with van der Waals surface area (Å²) in [5, 5.41) is 11.4. The average molecular weight is 442 g/mol. The standard InChI is InChI=1S/C27H27N3O3/c1-17-10-11-19(27(2,3)4)14-21(17)24(31)22-23(18-8-7-12-28-15-18)30(26(33)25(22)32)16-20-9-5-6-13-29-20/h5-15,23,31H,16H2,1-4H3/b24-22+. The van der Waals surface area contributed by atoms with E-state index in [1.165, 1.54) is 4.90 Å². The van der Waals surface area contributed by atoms with Crippen LogP contribution in [-0.2, 0) is 21.5 Å². The molecular weight excluding hydrogens is 414 g/mol. The van der Waals surface area contributed by atoms with Crippen molar-refractivity contribution >= 4 is 17.4 Å². The fourth-order valence-electron chi connectivity index (χ4n) is 4.08. The van der Waals surface area contributed by atoms with E-state index in [9.17, 15) is 14.7 Å². The van der Waals surface area contributed by atoms with Crippen molar-refractivity contribution in [2.45, 2.75) is 45.7 Å². The maximum absolute atomic E-state index is 13.2. The van der Waals surface area contributed by atoms with Gasteiger partial charge in [-0.2, -0.15) is 0 Å². The lowest BCUT2D eigenvalue weighted by atomic mass is 9.84. The van der Waals surface area contributed by atoms with Crippen molar-refractivity contribution in [2.24, 2.45) is 0 Å². The smallest absolute Gasteiger partial charge is 0.296 e. The summed E-state index contributed by atoms with van der Waals surface area (Å²) >= 11 is 0. The zero-order valence-electron chi connectivity index (χ0n) is 19.2. The molecule has 4 rings (SSSR count). The number of ketones is 1. The van der Waals surface area contributed by atoms with Gasteiger partial charge in [-0.15, -0.1) is 0 Å². The molecule has 6 nitrogen and oxygen atoms in total. The molecule has 0 radical (unpaired) electrons. The van der Waals surface area contributed by atoms with Gasteiger partial charge in [0.05, 0.1) is 23.9 Å². The molecule has 1 fully saturated rings. The van der Waals surface area contributed by atoms with Crippen LogP contribution in [-0.4, -0.2) is 31.7 Å². The fraction of sp³-hybridized carbons (Fsp3) is 0.259. The van der Waals surface area contributed by atoms with Gasteiger partial charge in [-0.05, 0) is 53.3 Å². The quantitative estimate of drug-likeness (QED) is 0.360. The number of pyridine rings is 2. The monoisotopic (exact) mass is 441 g/mol. The van der Waals surface area contributed by atoms with E-state index in [2.05, 4.69) is 30.7 Å². The molecule has 33 heavy (non-hydrogen) atoms. The highest BCUT2D eigenvalue weighted by molar-refractivity contribution is 6.46. The molecule has 0 bridgehead atoms. The molecule has 0 aliphatic carbocycles. The summed E-state index contributed by atoms with van der Waals surface area (Å²) in [6, 6.07) is 14.1. The van der Waals surface area contributed by atoms with Crippen LogP contribution in [0.1, 0.15) is 54.8 Å². The number of aromatic nitrogens is 2. The zero-order chi connectivity index (χ0) is 23.8. The van der Waals surface area contributed by atoms with Gasteiger partial charge >= 0.3 is 0 Å². The molecule has 2 aromatic heterocycles. The van der Waals surface area contributed by atoms with Gasteiger partial charge in [0, 0.05) is 24.2 Å². The summed E-state index contributed by atoms with van der Waals surface area (Å²) in [5.41, 5.74) is 3.62. The maximum atomic E-state index is 13.2. The Balaban J connectivity index is 1.90. The number of nitrogens with zero attached hydrogens (tertiary/aromatic N) is 3. The number of aliphatic hydroxyl groups is 1. The second kappa shape index (κ2) is 8.62. The molecule has 1 atom stereocenters. The van der Waals surface area contributed by atoms with Gasteiger partial charge < -0.3 is 10.0 Å². The number of Topliss-reactive ketones (excluding diaryl/α,β-unsaturated/α-hetero) is 1. The van der Waals surface area contributed by atoms with Crippen LogP contribution in [0.25, 0.3) is 5.76 Å². The van der Waals surface area contributed by atoms with Crippen molar-refractivity contribution in [3.05, 3.63) is 101 Å². The number of benzene rings is 1. The Morgan fingerprint density at radius 2 is 1.85 bits per heavy atom. The van der Waals surface area contributed by atoms with Gasteiger partial charge in [-0.25, -0.2) is 0 Å². The molecule has 1 unspecified atom stereocenters. The Morgan fingerprint density at radius 1 is 1.06 bits per heavy atom. The van der Waals surface area contributed by atoms with Crippen LogP contribution in [0.3, 0.4) is 0 Å². The van der Waals surface area contributed by atoms with Gasteiger partial charge in [-0.1, -0.05) is 45.0 Å². The molecule has 168 valence electrons. The summed E-state index contributed by atoms with van der Waals surface area (Å²) in [4.78, 5) is 36.3. The van der Waals surface area contributed by atoms with Crippen LogP contribution in [0.5, 0.6) is 0 Å². The number of carbonyl (C=O) groups excluding carboxylic acids is 2. The van der Waals surface area contributed by atoms with Crippen LogP contribution >= 0.6 is 0 Å². The summed E-state index contributed by atoms with van der Waals surface area (Å²) in [6.07, 6.45) is 4.89. The van der Waals surface area contributed by atoms with E-state index < -0.39 is 17.7 Å². The highest BCUT2D eigenvalue weighted by Crippen LogP contribution is 2.40. The molecule has 1 aliphatic heterocycles. The van der Waals surface area contributed by atoms with E-state index in [0.717, 1.165) is 11.1 Å².